The summed E-state index contributed by atoms with van der Waals surface area (Å²) in [6.45, 7) is 7.08. The summed E-state index contributed by atoms with van der Waals surface area (Å²) in [5, 5.41) is 3.77. The molecule has 1 N–H and O–H groups in total. The lowest BCUT2D eigenvalue weighted by molar-refractivity contribution is -0.135. The van der Waals surface area contributed by atoms with Gasteiger partial charge < -0.3 is 10.2 Å². The summed E-state index contributed by atoms with van der Waals surface area (Å²) >= 11 is 0. The molecule has 1 saturated heterocycles. The van der Waals surface area contributed by atoms with Crippen molar-refractivity contribution in [3.8, 4) is 0 Å². The molecule has 0 bridgehead atoms. The van der Waals surface area contributed by atoms with Gasteiger partial charge in [0.15, 0.2) is 0 Å². The molecular weight excluding hydrogens is 248 g/mol. The predicted octanol–water partition coefficient (Wildman–Crippen LogP) is 3.19. The fraction of sp³-hybridized carbons (Fsp3) is 0.941. The van der Waals surface area contributed by atoms with Crippen LogP contribution in [0.4, 0.5) is 0 Å². The van der Waals surface area contributed by atoms with E-state index in [-0.39, 0.29) is 5.92 Å². The van der Waals surface area contributed by atoms with Crippen LogP contribution >= 0.6 is 0 Å². The number of piperidine rings is 1. The van der Waals surface area contributed by atoms with E-state index in [4.69, 9.17) is 0 Å². The van der Waals surface area contributed by atoms with Crippen LogP contribution in [0.1, 0.15) is 65.2 Å². The number of carbonyl (C=O) groups excluding carboxylic acids is 1. The summed E-state index contributed by atoms with van der Waals surface area (Å²) in [5.74, 6) is 1.37. The predicted molar refractivity (Wildman–Crippen MR) is 83.6 cm³/mol. The van der Waals surface area contributed by atoms with Gasteiger partial charge in [0.2, 0.25) is 5.91 Å². The Kier molecular flexibility index (Phi) is 6.34. The minimum absolute atomic E-state index is 0.144. The SMILES string of the molecule is CC(C)C(=O)N1CCC(NCC2CCCCCC2)CC1. The van der Waals surface area contributed by atoms with Gasteiger partial charge in [-0.3, -0.25) is 4.79 Å². The molecule has 3 heteroatoms. The summed E-state index contributed by atoms with van der Waals surface area (Å²) in [4.78, 5) is 14.0. The van der Waals surface area contributed by atoms with Gasteiger partial charge in [-0.2, -0.15) is 0 Å². The van der Waals surface area contributed by atoms with Crippen LogP contribution in [0.3, 0.4) is 0 Å². The van der Waals surface area contributed by atoms with Gasteiger partial charge in [0.05, 0.1) is 0 Å². The quantitative estimate of drug-likeness (QED) is 0.802. The molecule has 0 radical (unpaired) electrons. The second-order valence-electron chi connectivity index (χ2n) is 7.02. The molecule has 116 valence electrons. The Morgan fingerprint density at radius 1 is 1.05 bits per heavy atom. The van der Waals surface area contributed by atoms with E-state index in [1.165, 1.54) is 45.1 Å². The smallest absolute Gasteiger partial charge is 0.225 e. The maximum absolute atomic E-state index is 12.0. The van der Waals surface area contributed by atoms with Gasteiger partial charge in [-0.25, -0.2) is 0 Å². The van der Waals surface area contributed by atoms with Crippen LogP contribution in [0.25, 0.3) is 0 Å². The maximum Gasteiger partial charge on any atom is 0.225 e. The molecule has 0 aromatic heterocycles. The number of likely N-dealkylation sites (tertiary alicyclic amines) is 1. The van der Waals surface area contributed by atoms with Crippen molar-refractivity contribution in [2.45, 2.75) is 71.3 Å². The lowest BCUT2D eigenvalue weighted by Gasteiger charge is -2.34. The number of nitrogens with one attached hydrogen (secondary N) is 1. The van der Waals surface area contributed by atoms with Crippen molar-refractivity contribution in [1.82, 2.24) is 10.2 Å². The molecule has 0 atom stereocenters. The van der Waals surface area contributed by atoms with E-state index in [9.17, 15) is 4.79 Å². The van der Waals surface area contributed by atoms with Gasteiger partial charge in [-0.15, -0.1) is 0 Å². The van der Waals surface area contributed by atoms with Crippen LogP contribution in [0.5, 0.6) is 0 Å². The van der Waals surface area contributed by atoms with Gasteiger partial charge in [-0.1, -0.05) is 39.5 Å². The second kappa shape index (κ2) is 8.02. The number of nitrogens with zero attached hydrogens (tertiary/aromatic N) is 1. The molecule has 1 aliphatic carbocycles. The van der Waals surface area contributed by atoms with Crippen molar-refractivity contribution in [2.24, 2.45) is 11.8 Å². The lowest BCUT2D eigenvalue weighted by atomic mass is 9.98. The Balaban J connectivity index is 1.65. The Labute approximate surface area is 124 Å². The standard InChI is InChI=1S/C17H32N2O/c1-14(2)17(20)19-11-9-16(10-12-19)18-13-15-7-5-3-4-6-8-15/h14-16,18H,3-13H2,1-2H3. The van der Waals surface area contributed by atoms with Crippen molar-refractivity contribution < 1.29 is 4.79 Å². The number of hydrogen-bond donors (Lipinski definition) is 1. The molecule has 2 fully saturated rings. The van der Waals surface area contributed by atoms with E-state index < -0.39 is 0 Å². The highest BCUT2D eigenvalue weighted by atomic mass is 16.2. The zero-order valence-corrected chi connectivity index (χ0v) is 13.4. The van der Waals surface area contributed by atoms with Gasteiger partial charge in [0, 0.05) is 25.0 Å². The third-order valence-electron chi connectivity index (χ3n) is 4.97. The molecule has 20 heavy (non-hydrogen) atoms. The van der Waals surface area contributed by atoms with Crippen LogP contribution in [0.15, 0.2) is 0 Å². The summed E-state index contributed by atoms with van der Waals surface area (Å²) in [7, 11) is 0. The second-order valence-corrected chi connectivity index (χ2v) is 7.02. The molecule has 2 aliphatic rings. The van der Waals surface area contributed by atoms with Gasteiger partial charge in [0.25, 0.3) is 0 Å². The summed E-state index contributed by atoms with van der Waals surface area (Å²) < 4.78 is 0. The summed E-state index contributed by atoms with van der Waals surface area (Å²) in [5.41, 5.74) is 0. The average molecular weight is 280 g/mol. The van der Waals surface area contributed by atoms with E-state index in [0.717, 1.165) is 31.8 Å². The molecule has 3 nitrogen and oxygen atoms in total. The number of hydrogen-bond acceptors (Lipinski definition) is 2. The molecule has 1 aliphatic heterocycles. The summed E-state index contributed by atoms with van der Waals surface area (Å²) in [6, 6.07) is 0.634. The van der Waals surface area contributed by atoms with E-state index in [2.05, 4.69) is 10.2 Å². The van der Waals surface area contributed by atoms with Crippen LogP contribution in [-0.2, 0) is 4.79 Å². The number of amides is 1. The molecule has 0 spiro atoms. The molecule has 1 amide bonds. The third kappa shape index (κ3) is 4.76. The lowest BCUT2D eigenvalue weighted by Crippen LogP contribution is -2.47. The Morgan fingerprint density at radius 3 is 2.20 bits per heavy atom. The largest absolute Gasteiger partial charge is 0.342 e. The van der Waals surface area contributed by atoms with Crippen LogP contribution in [-0.4, -0.2) is 36.5 Å². The number of rotatable bonds is 4. The Bertz CT molecular complexity index is 287. The highest BCUT2D eigenvalue weighted by Crippen LogP contribution is 2.22. The molecule has 1 heterocycles. The van der Waals surface area contributed by atoms with Crippen LogP contribution < -0.4 is 5.32 Å². The van der Waals surface area contributed by atoms with Crippen molar-refractivity contribution in [1.29, 1.82) is 0 Å². The highest BCUT2D eigenvalue weighted by molar-refractivity contribution is 5.78. The Hall–Kier alpha value is -0.570. The van der Waals surface area contributed by atoms with Gasteiger partial charge >= 0.3 is 0 Å². The first-order valence-corrected chi connectivity index (χ1v) is 8.69. The first-order valence-electron chi connectivity index (χ1n) is 8.69. The van der Waals surface area contributed by atoms with Crippen molar-refractivity contribution in [3.63, 3.8) is 0 Å². The molecule has 0 aromatic rings. The van der Waals surface area contributed by atoms with E-state index in [0.29, 0.717) is 11.9 Å². The van der Waals surface area contributed by atoms with E-state index >= 15 is 0 Å². The van der Waals surface area contributed by atoms with Gasteiger partial charge in [0.1, 0.15) is 0 Å². The fourth-order valence-electron chi connectivity index (χ4n) is 3.57. The average Bonchev–Trinajstić information content (AvgIpc) is 2.73. The minimum Gasteiger partial charge on any atom is -0.342 e. The zero-order valence-electron chi connectivity index (χ0n) is 13.4. The third-order valence-corrected chi connectivity index (χ3v) is 4.97. The summed E-state index contributed by atoms with van der Waals surface area (Å²) in [6.07, 6.45) is 10.8. The molecule has 0 aromatic carbocycles. The topological polar surface area (TPSA) is 32.3 Å². The molecule has 1 saturated carbocycles. The van der Waals surface area contributed by atoms with Crippen molar-refractivity contribution in [3.05, 3.63) is 0 Å². The molecule has 2 rings (SSSR count). The number of carbonyl (C=O) groups is 1. The van der Waals surface area contributed by atoms with E-state index in [1.807, 2.05) is 13.8 Å². The fourth-order valence-corrected chi connectivity index (χ4v) is 3.57. The molecule has 0 unspecified atom stereocenters. The monoisotopic (exact) mass is 280 g/mol. The van der Waals surface area contributed by atoms with Crippen LogP contribution in [0, 0.1) is 11.8 Å². The normalized spacial score (nSPS) is 23.1. The highest BCUT2D eigenvalue weighted by Gasteiger charge is 2.24. The van der Waals surface area contributed by atoms with Crippen LogP contribution in [0.2, 0.25) is 0 Å². The van der Waals surface area contributed by atoms with Crippen molar-refractivity contribution >= 4 is 5.91 Å². The first kappa shape index (κ1) is 15.8. The maximum atomic E-state index is 12.0. The van der Waals surface area contributed by atoms with Gasteiger partial charge in [-0.05, 0) is 38.1 Å². The van der Waals surface area contributed by atoms with Crippen molar-refractivity contribution in [2.75, 3.05) is 19.6 Å². The molecular formula is C17H32N2O. The Morgan fingerprint density at radius 2 is 1.65 bits per heavy atom. The zero-order chi connectivity index (χ0) is 14.4. The van der Waals surface area contributed by atoms with E-state index in [1.54, 1.807) is 0 Å². The minimum atomic E-state index is 0.144. The first-order chi connectivity index (χ1) is 9.66.